The van der Waals surface area contributed by atoms with Gasteiger partial charge in [-0.05, 0) is 30.5 Å². The molecule has 2 nitrogen and oxygen atoms in total. The second-order valence-electron chi connectivity index (χ2n) is 4.66. The largest absolute Gasteiger partial charge is 0.339 e. The van der Waals surface area contributed by atoms with E-state index in [-0.39, 0.29) is 0 Å². The lowest BCUT2D eigenvalue weighted by atomic mass is 10.2. The Hall–Kier alpha value is -1.54. The highest BCUT2D eigenvalue weighted by atomic mass is 15.0. The fourth-order valence-electron chi connectivity index (χ4n) is 2.19. The number of para-hydroxylation sites is 1. The summed E-state index contributed by atoms with van der Waals surface area (Å²) in [6.45, 7) is 11.3. The van der Waals surface area contributed by atoms with Gasteiger partial charge in [0.05, 0.1) is 0 Å². The number of nitrogens with zero attached hydrogens (tertiary/aromatic N) is 1. The Morgan fingerprint density at radius 1 is 1.28 bits per heavy atom. The molecule has 0 atom stereocenters. The zero-order valence-corrected chi connectivity index (χ0v) is 11.4. The summed E-state index contributed by atoms with van der Waals surface area (Å²) in [7, 11) is 0. The van der Waals surface area contributed by atoms with Gasteiger partial charge in [0.15, 0.2) is 0 Å². The summed E-state index contributed by atoms with van der Waals surface area (Å²) in [4.78, 5) is 0. The van der Waals surface area contributed by atoms with Gasteiger partial charge in [0.2, 0.25) is 0 Å². The van der Waals surface area contributed by atoms with Crippen molar-refractivity contribution in [2.24, 2.45) is 0 Å². The molecule has 1 aromatic heterocycles. The smallest absolute Gasteiger partial charge is 0.0485 e. The van der Waals surface area contributed by atoms with Gasteiger partial charge in [0.1, 0.15) is 0 Å². The number of rotatable bonds is 6. The zero-order chi connectivity index (χ0) is 13.0. The lowest BCUT2D eigenvalue weighted by molar-refractivity contribution is 0.658. The molecule has 0 fully saturated rings. The molecule has 0 aliphatic rings. The van der Waals surface area contributed by atoms with Crippen LogP contribution in [0.1, 0.15) is 26.0 Å². The van der Waals surface area contributed by atoms with Crippen LogP contribution in [0.25, 0.3) is 10.9 Å². The highest BCUT2D eigenvalue weighted by Gasteiger charge is 2.08. The molecule has 18 heavy (non-hydrogen) atoms. The maximum Gasteiger partial charge on any atom is 0.0485 e. The van der Waals surface area contributed by atoms with Gasteiger partial charge in [-0.3, -0.25) is 0 Å². The Balaban J connectivity index is 2.40. The van der Waals surface area contributed by atoms with E-state index < -0.39 is 0 Å². The van der Waals surface area contributed by atoms with Gasteiger partial charge in [-0.2, -0.15) is 0 Å². The molecule has 1 aromatic carbocycles. The molecule has 2 aromatic rings. The van der Waals surface area contributed by atoms with Crippen molar-refractivity contribution in [3.05, 3.63) is 48.2 Å². The fraction of sp³-hybridized carbons (Fsp3) is 0.375. The van der Waals surface area contributed by atoms with Gasteiger partial charge >= 0.3 is 0 Å². The van der Waals surface area contributed by atoms with Crippen LogP contribution in [0.2, 0.25) is 0 Å². The molecular weight excluding hydrogens is 220 g/mol. The number of nitrogens with one attached hydrogen (secondary N) is 1. The summed E-state index contributed by atoms with van der Waals surface area (Å²) in [5.41, 5.74) is 3.92. The van der Waals surface area contributed by atoms with Crippen LogP contribution in [0.15, 0.2) is 42.5 Å². The number of aromatic nitrogens is 1. The minimum Gasteiger partial charge on any atom is -0.339 e. The predicted molar refractivity (Wildman–Crippen MR) is 78.7 cm³/mol. The van der Waals surface area contributed by atoms with Crippen LogP contribution in [-0.4, -0.2) is 11.1 Å². The summed E-state index contributed by atoms with van der Waals surface area (Å²) in [6.07, 6.45) is 1.03. The van der Waals surface area contributed by atoms with Crippen molar-refractivity contribution in [3.63, 3.8) is 0 Å². The third kappa shape index (κ3) is 2.65. The van der Waals surface area contributed by atoms with Crippen molar-refractivity contribution in [2.75, 3.05) is 6.54 Å². The van der Waals surface area contributed by atoms with Crippen LogP contribution < -0.4 is 5.32 Å². The highest BCUT2D eigenvalue weighted by Crippen LogP contribution is 2.21. The van der Waals surface area contributed by atoms with Gasteiger partial charge in [0, 0.05) is 24.3 Å². The first-order chi connectivity index (χ1) is 8.76. The molecular formula is C16H22N2. The zero-order valence-electron chi connectivity index (χ0n) is 11.4. The van der Waals surface area contributed by atoms with Crippen LogP contribution in [0.4, 0.5) is 0 Å². The fourth-order valence-corrected chi connectivity index (χ4v) is 2.19. The standard InChI is InChI=1S/C16H22N2/c1-4-13(3)12-18-15(11-17-5-2)10-14-8-6-7-9-16(14)18/h6-10,17H,3-5,11-12H2,1-2H3. The summed E-state index contributed by atoms with van der Waals surface area (Å²) in [5, 5.41) is 4.72. The van der Waals surface area contributed by atoms with E-state index in [0.29, 0.717) is 0 Å². The molecule has 0 unspecified atom stereocenters. The van der Waals surface area contributed by atoms with Crippen LogP contribution >= 0.6 is 0 Å². The third-order valence-corrected chi connectivity index (χ3v) is 3.33. The van der Waals surface area contributed by atoms with Gasteiger partial charge in [-0.25, -0.2) is 0 Å². The molecule has 1 heterocycles. The minimum atomic E-state index is 0.919. The molecule has 0 saturated heterocycles. The quantitative estimate of drug-likeness (QED) is 0.764. The van der Waals surface area contributed by atoms with Crippen LogP contribution in [0.5, 0.6) is 0 Å². The van der Waals surface area contributed by atoms with Crippen LogP contribution in [-0.2, 0) is 13.1 Å². The third-order valence-electron chi connectivity index (χ3n) is 3.33. The van der Waals surface area contributed by atoms with E-state index in [4.69, 9.17) is 0 Å². The van der Waals surface area contributed by atoms with E-state index in [1.54, 1.807) is 0 Å². The second kappa shape index (κ2) is 5.87. The van der Waals surface area contributed by atoms with Crippen molar-refractivity contribution in [2.45, 2.75) is 33.4 Å². The lowest BCUT2D eigenvalue weighted by Crippen LogP contribution is -2.15. The van der Waals surface area contributed by atoms with E-state index in [2.05, 4.69) is 60.6 Å². The van der Waals surface area contributed by atoms with Crippen molar-refractivity contribution in [1.29, 1.82) is 0 Å². The van der Waals surface area contributed by atoms with Gasteiger partial charge in [-0.1, -0.05) is 44.2 Å². The molecule has 0 radical (unpaired) electrons. The van der Waals surface area contributed by atoms with E-state index in [1.807, 2.05) is 0 Å². The Labute approximate surface area is 109 Å². The van der Waals surface area contributed by atoms with Crippen molar-refractivity contribution in [1.82, 2.24) is 9.88 Å². The number of allylic oxidation sites excluding steroid dienone is 1. The maximum absolute atomic E-state index is 4.14. The van der Waals surface area contributed by atoms with Crippen molar-refractivity contribution >= 4 is 10.9 Å². The summed E-state index contributed by atoms with van der Waals surface area (Å²) >= 11 is 0. The molecule has 0 saturated carbocycles. The van der Waals surface area contributed by atoms with Gasteiger partial charge in [0.25, 0.3) is 0 Å². The van der Waals surface area contributed by atoms with E-state index in [0.717, 1.165) is 26.1 Å². The molecule has 0 aliphatic carbocycles. The molecule has 0 bridgehead atoms. The summed E-state index contributed by atoms with van der Waals surface area (Å²) < 4.78 is 2.38. The molecule has 2 heteroatoms. The molecule has 96 valence electrons. The molecule has 0 spiro atoms. The van der Waals surface area contributed by atoms with Gasteiger partial charge < -0.3 is 9.88 Å². The normalized spacial score (nSPS) is 11.0. The molecule has 0 amide bonds. The topological polar surface area (TPSA) is 17.0 Å². The second-order valence-corrected chi connectivity index (χ2v) is 4.66. The van der Waals surface area contributed by atoms with E-state index in [1.165, 1.54) is 22.2 Å². The first kappa shape index (κ1) is 12.9. The average Bonchev–Trinajstić information content (AvgIpc) is 2.74. The minimum absolute atomic E-state index is 0.919. The van der Waals surface area contributed by atoms with Crippen LogP contribution in [0.3, 0.4) is 0 Å². The number of hydrogen-bond donors (Lipinski definition) is 1. The first-order valence-corrected chi connectivity index (χ1v) is 6.70. The van der Waals surface area contributed by atoms with Gasteiger partial charge in [-0.15, -0.1) is 0 Å². The average molecular weight is 242 g/mol. The van der Waals surface area contributed by atoms with Crippen LogP contribution in [0, 0.1) is 0 Å². The monoisotopic (exact) mass is 242 g/mol. The van der Waals surface area contributed by atoms with E-state index in [9.17, 15) is 0 Å². The van der Waals surface area contributed by atoms with Crippen molar-refractivity contribution < 1.29 is 0 Å². The molecule has 0 aliphatic heterocycles. The number of benzene rings is 1. The number of fused-ring (bicyclic) bond motifs is 1. The predicted octanol–water partition coefficient (Wildman–Crippen LogP) is 3.72. The maximum atomic E-state index is 4.14. The number of hydrogen-bond acceptors (Lipinski definition) is 1. The van der Waals surface area contributed by atoms with E-state index >= 15 is 0 Å². The SMILES string of the molecule is C=C(CC)Cn1c(CNCC)cc2ccccc21. The van der Waals surface area contributed by atoms with Crippen molar-refractivity contribution in [3.8, 4) is 0 Å². The Morgan fingerprint density at radius 2 is 2.06 bits per heavy atom. The summed E-state index contributed by atoms with van der Waals surface area (Å²) in [6, 6.07) is 10.8. The highest BCUT2D eigenvalue weighted by molar-refractivity contribution is 5.81. The lowest BCUT2D eigenvalue weighted by Gasteiger charge is -2.12. The Morgan fingerprint density at radius 3 is 2.78 bits per heavy atom. The first-order valence-electron chi connectivity index (χ1n) is 6.70. The molecule has 1 N–H and O–H groups in total. The molecule has 2 rings (SSSR count). The Bertz CT molecular complexity index is 537. The Kier molecular flexibility index (Phi) is 4.21. The summed E-state index contributed by atoms with van der Waals surface area (Å²) in [5.74, 6) is 0.